The fraction of sp³-hybridized carbons (Fsp3) is 0. The van der Waals surface area contributed by atoms with Gasteiger partial charge in [-0.2, -0.15) is 0 Å². The lowest BCUT2D eigenvalue weighted by Crippen LogP contribution is -1.94. The van der Waals surface area contributed by atoms with E-state index >= 15 is 0 Å². The highest BCUT2D eigenvalue weighted by atomic mass is 15.0. The van der Waals surface area contributed by atoms with E-state index in [2.05, 4.69) is 83.4 Å². The van der Waals surface area contributed by atoms with E-state index in [1.54, 1.807) is 0 Å². The van der Waals surface area contributed by atoms with Crippen molar-refractivity contribution >= 4 is 27.5 Å². The Kier molecular flexibility index (Phi) is 3.29. The van der Waals surface area contributed by atoms with E-state index in [1.807, 2.05) is 18.2 Å². The van der Waals surface area contributed by atoms with Gasteiger partial charge >= 0.3 is 0 Å². The van der Waals surface area contributed by atoms with E-state index in [-0.39, 0.29) is 0 Å². The molecule has 26 heavy (non-hydrogen) atoms. The van der Waals surface area contributed by atoms with Gasteiger partial charge in [0.25, 0.3) is 0 Å². The maximum absolute atomic E-state index is 6.13. The molecule has 4 aromatic carbocycles. The molecule has 0 unspecified atom stereocenters. The molecule has 0 saturated carbocycles. The molecule has 0 saturated heterocycles. The lowest BCUT2D eigenvalue weighted by Gasteiger charge is -2.10. The number of anilines is 1. The molecular formula is C24H18N2. The zero-order chi connectivity index (χ0) is 17.5. The van der Waals surface area contributed by atoms with E-state index in [0.29, 0.717) is 0 Å². The number of nitrogens with two attached hydrogens (primary N) is 1. The summed E-state index contributed by atoms with van der Waals surface area (Å²) in [4.78, 5) is 0. The Morgan fingerprint density at radius 3 is 1.69 bits per heavy atom. The zero-order valence-corrected chi connectivity index (χ0v) is 14.3. The van der Waals surface area contributed by atoms with Gasteiger partial charge in [0, 0.05) is 27.7 Å². The van der Waals surface area contributed by atoms with Crippen LogP contribution in [0.25, 0.3) is 38.6 Å². The SMILES string of the molecule is Nc1ccccc1-c1ccc(-n2c3ccccc3c3ccccc32)cc1. The molecule has 0 aliphatic carbocycles. The first-order valence-corrected chi connectivity index (χ1v) is 8.76. The Morgan fingerprint density at radius 2 is 1.08 bits per heavy atom. The highest BCUT2D eigenvalue weighted by Crippen LogP contribution is 2.33. The van der Waals surface area contributed by atoms with Crippen LogP contribution in [0.1, 0.15) is 0 Å². The summed E-state index contributed by atoms with van der Waals surface area (Å²) in [5.41, 5.74) is 12.7. The average molecular weight is 334 g/mol. The predicted octanol–water partition coefficient (Wildman–Crippen LogP) is 6.03. The number of benzene rings is 4. The fourth-order valence-electron chi connectivity index (χ4n) is 3.75. The van der Waals surface area contributed by atoms with Gasteiger partial charge in [-0.25, -0.2) is 0 Å². The molecular weight excluding hydrogens is 316 g/mol. The molecule has 2 N–H and O–H groups in total. The van der Waals surface area contributed by atoms with Gasteiger partial charge < -0.3 is 10.3 Å². The van der Waals surface area contributed by atoms with Gasteiger partial charge in [0.2, 0.25) is 0 Å². The Hall–Kier alpha value is -3.52. The van der Waals surface area contributed by atoms with Crippen LogP contribution in [-0.4, -0.2) is 4.57 Å². The van der Waals surface area contributed by atoms with Crippen molar-refractivity contribution in [3.8, 4) is 16.8 Å². The Bertz CT molecular complexity index is 1180. The molecule has 0 radical (unpaired) electrons. The Morgan fingerprint density at radius 1 is 0.538 bits per heavy atom. The van der Waals surface area contributed by atoms with Crippen molar-refractivity contribution in [1.82, 2.24) is 4.57 Å². The van der Waals surface area contributed by atoms with Crippen LogP contribution in [0.3, 0.4) is 0 Å². The smallest absolute Gasteiger partial charge is 0.0541 e. The van der Waals surface area contributed by atoms with Crippen LogP contribution in [-0.2, 0) is 0 Å². The minimum atomic E-state index is 0.803. The quantitative estimate of drug-likeness (QED) is 0.392. The first-order valence-electron chi connectivity index (χ1n) is 8.76. The van der Waals surface area contributed by atoms with Gasteiger partial charge in [-0.05, 0) is 35.9 Å². The third-order valence-electron chi connectivity index (χ3n) is 4.98. The molecule has 2 heteroatoms. The predicted molar refractivity (Wildman–Crippen MR) is 111 cm³/mol. The van der Waals surface area contributed by atoms with Crippen LogP contribution in [0, 0.1) is 0 Å². The minimum Gasteiger partial charge on any atom is -0.398 e. The van der Waals surface area contributed by atoms with Crippen molar-refractivity contribution in [2.45, 2.75) is 0 Å². The Balaban J connectivity index is 1.72. The monoisotopic (exact) mass is 334 g/mol. The van der Waals surface area contributed by atoms with Crippen LogP contribution in [0.4, 0.5) is 5.69 Å². The number of hydrogen-bond acceptors (Lipinski definition) is 1. The molecule has 5 rings (SSSR count). The lowest BCUT2D eigenvalue weighted by atomic mass is 10.0. The maximum Gasteiger partial charge on any atom is 0.0541 e. The summed E-state index contributed by atoms with van der Waals surface area (Å²) in [6.45, 7) is 0. The number of para-hydroxylation sites is 3. The number of nitrogen functional groups attached to an aromatic ring is 1. The summed E-state index contributed by atoms with van der Waals surface area (Å²) in [5, 5.41) is 2.55. The molecule has 124 valence electrons. The summed E-state index contributed by atoms with van der Waals surface area (Å²) in [5.74, 6) is 0. The second-order valence-electron chi connectivity index (χ2n) is 6.50. The molecule has 0 atom stereocenters. The van der Waals surface area contributed by atoms with E-state index in [4.69, 9.17) is 5.73 Å². The molecule has 0 spiro atoms. The molecule has 5 aromatic rings. The largest absolute Gasteiger partial charge is 0.398 e. The van der Waals surface area contributed by atoms with Crippen LogP contribution in [0.15, 0.2) is 97.1 Å². The summed E-state index contributed by atoms with van der Waals surface area (Å²) in [6, 6.07) is 33.7. The van der Waals surface area contributed by atoms with Gasteiger partial charge in [-0.1, -0.05) is 66.7 Å². The molecule has 0 aliphatic rings. The van der Waals surface area contributed by atoms with Crippen molar-refractivity contribution in [3.63, 3.8) is 0 Å². The first-order chi connectivity index (χ1) is 12.8. The summed E-state index contributed by atoms with van der Waals surface area (Å²) in [6.07, 6.45) is 0. The Labute approximate surface area is 152 Å². The highest BCUT2D eigenvalue weighted by Gasteiger charge is 2.11. The first kappa shape index (κ1) is 14.8. The van der Waals surface area contributed by atoms with E-state index in [0.717, 1.165) is 22.5 Å². The molecule has 2 nitrogen and oxygen atoms in total. The summed E-state index contributed by atoms with van der Waals surface area (Å²) in [7, 11) is 0. The average Bonchev–Trinajstić information content (AvgIpc) is 3.03. The van der Waals surface area contributed by atoms with E-state index in [1.165, 1.54) is 21.8 Å². The van der Waals surface area contributed by atoms with Crippen molar-refractivity contribution in [3.05, 3.63) is 97.1 Å². The zero-order valence-electron chi connectivity index (χ0n) is 14.3. The standard InChI is InChI=1S/C24H18N2/c25-22-10-4-1-7-19(22)17-13-15-18(16-14-17)26-23-11-5-2-8-20(23)21-9-3-6-12-24(21)26/h1-16H,25H2. The topological polar surface area (TPSA) is 30.9 Å². The van der Waals surface area contributed by atoms with Crippen LogP contribution < -0.4 is 5.73 Å². The number of fused-ring (bicyclic) bond motifs is 3. The van der Waals surface area contributed by atoms with Gasteiger partial charge in [-0.15, -0.1) is 0 Å². The summed E-state index contributed by atoms with van der Waals surface area (Å²) >= 11 is 0. The summed E-state index contributed by atoms with van der Waals surface area (Å²) < 4.78 is 2.32. The van der Waals surface area contributed by atoms with Gasteiger partial charge in [-0.3, -0.25) is 0 Å². The third kappa shape index (κ3) is 2.20. The maximum atomic E-state index is 6.13. The second kappa shape index (κ2) is 5.78. The van der Waals surface area contributed by atoms with Crippen molar-refractivity contribution in [1.29, 1.82) is 0 Å². The second-order valence-corrected chi connectivity index (χ2v) is 6.50. The van der Waals surface area contributed by atoms with E-state index < -0.39 is 0 Å². The number of nitrogens with zero attached hydrogens (tertiary/aromatic N) is 1. The van der Waals surface area contributed by atoms with Crippen LogP contribution in [0.5, 0.6) is 0 Å². The molecule has 1 heterocycles. The number of aromatic nitrogens is 1. The molecule has 1 aromatic heterocycles. The molecule has 0 bridgehead atoms. The van der Waals surface area contributed by atoms with Crippen molar-refractivity contribution in [2.75, 3.05) is 5.73 Å². The normalized spacial score (nSPS) is 11.2. The molecule has 0 amide bonds. The number of hydrogen-bond donors (Lipinski definition) is 1. The van der Waals surface area contributed by atoms with Gasteiger partial charge in [0.05, 0.1) is 11.0 Å². The van der Waals surface area contributed by atoms with Gasteiger partial charge in [0.15, 0.2) is 0 Å². The highest BCUT2D eigenvalue weighted by molar-refractivity contribution is 6.09. The lowest BCUT2D eigenvalue weighted by molar-refractivity contribution is 1.18. The van der Waals surface area contributed by atoms with Gasteiger partial charge in [0.1, 0.15) is 0 Å². The molecule has 0 aliphatic heterocycles. The third-order valence-corrected chi connectivity index (χ3v) is 4.98. The van der Waals surface area contributed by atoms with E-state index in [9.17, 15) is 0 Å². The number of rotatable bonds is 2. The fourth-order valence-corrected chi connectivity index (χ4v) is 3.75. The van der Waals surface area contributed by atoms with Crippen molar-refractivity contribution in [2.24, 2.45) is 0 Å². The van der Waals surface area contributed by atoms with Crippen LogP contribution >= 0.6 is 0 Å². The minimum absolute atomic E-state index is 0.803. The van der Waals surface area contributed by atoms with Crippen molar-refractivity contribution < 1.29 is 0 Å². The molecule has 0 fully saturated rings. The van der Waals surface area contributed by atoms with Crippen LogP contribution in [0.2, 0.25) is 0 Å².